The van der Waals surface area contributed by atoms with Crippen LogP contribution in [0.2, 0.25) is 5.02 Å². The van der Waals surface area contributed by atoms with Crippen LogP contribution in [0.3, 0.4) is 0 Å². The zero-order valence-corrected chi connectivity index (χ0v) is 12.5. The number of rotatable bonds is 5. The van der Waals surface area contributed by atoms with E-state index in [0.29, 0.717) is 19.8 Å². The normalized spacial score (nSPS) is 19.4. The molecule has 1 heterocycles. The Morgan fingerprint density at radius 2 is 2.29 bits per heavy atom. The minimum Gasteiger partial charge on any atom is -0.378 e. The second-order valence-corrected chi connectivity index (χ2v) is 6.59. The molecule has 2 rings (SSSR count). The van der Waals surface area contributed by atoms with Gasteiger partial charge in [0.1, 0.15) is 4.90 Å². The molecule has 1 aromatic carbocycles. The van der Waals surface area contributed by atoms with E-state index in [2.05, 4.69) is 10.0 Å². The Bertz CT molecular complexity index is 631. The zero-order chi connectivity index (χ0) is 15.5. The molecule has 0 amide bonds. The Kier molecular flexibility index (Phi) is 5.12. The van der Waals surface area contributed by atoms with Crippen LogP contribution in [-0.2, 0) is 14.8 Å². The highest BCUT2D eigenvalue weighted by molar-refractivity contribution is 7.89. The van der Waals surface area contributed by atoms with Gasteiger partial charge in [-0.05, 0) is 6.07 Å². The second-order valence-electron chi connectivity index (χ2n) is 4.45. The lowest BCUT2D eigenvalue weighted by Crippen LogP contribution is -2.48. The van der Waals surface area contributed by atoms with Gasteiger partial charge in [-0.25, -0.2) is 13.1 Å². The van der Waals surface area contributed by atoms with E-state index < -0.39 is 14.9 Å². The summed E-state index contributed by atoms with van der Waals surface area (Å²) in [4.78, 5) is 9.73. The van der Waals surface area contributed by atoms with Crippen molar-refractivity contribution in [1.29, 1.82) is 0 Å². The van der Waals surface area contributed by atoms with Crippen LogP contribution in [0.1, 0.15) is 0 Å². The summed E-state index contributed by atoms with van der Waals surface area (Å²) in [5.41, 5.74) is -0.334. The van der Waals surface area contributed by atoms with Crippen LogP contribution in [0.15, 0.2) is 23.1 Å². The van der Waals surface area contributed by atoms with Gasteiger partial charge in [0, 0.05) is 31.3 Å². The van der Waals surface area contributed by atoms with Gasteiger partial charge < -0.3 is 10.1 Å². The lowest BCUT2D eigenvalue weighted by atomic mass is 10.3. The number of nitrogens with one attached hydrogen (secondary N) is 2. The summed E-state index contributed by atoms with van der Waals surface area (Å²) in [5.74, 6) is 0. The summed E-state index contributed by atoms with van der Waals surface area (Å²) in [5, 5.41) is 13.7. The first-order valence-corrected chi connectivity index (χ1v) is 8.01. The third kappa shape index (κ3) is 4.11. The van der Waals surface area contributed by atoms with E-state index in [1.54, 1.807) is 0 Å². The Morgan fingerprint density at radius 1 is 1.52 bits per heavy atom. The van der Waals surface area contributed by atoms with Gasteiger partial charge in [-0.2, -0.15) is 0 Å². The van der Waals surface area contributed by atoms with Gasteiger partial charge in [0.25, 0.3) is 5.69 Å². The maximum absolute atomic E-state index is 12.2. The summed E-state index contributed by atoms with van der Waals surface area (Å²) in [6.45, 7) is 1.73. The molecule has 0 radical (unpaired) electrons. The Hall–Kier alpha value is -1.26. The second kappa shape index (κ2) is 6.67. The molecule has 0 saturated carbocycles. The standard InChI is InChI=1S/C11H14ClN3O5S/c12-10-2-1-9(15(16)17)5-11(10)21(18,19)14-6-8-7-20-4-3-13-8/h1-2,5,8,13-14H,3-4,6-7H2. The van der Waals surface area contributed by atoms with Gasteiger partial charge in [0.15, 0.2) is 0 Å². The third-order valence-corrected chi connectivity index (χ3v) is 4.84. The summed E-state index contributed by atoms with van der Waals surface area (Å²) < 4.78 is 32.0. The number of halogens is 1. The van der Waals surface area contributed by atoms with E-state index >= 15 is 0 Å². The Balaban J connectivity index is 2.14. The first-order chi connectivity index (χ1) is 9.90. The largest absolute Gasteiger partial charge is 0.378 e. The fraction of sp³-hybridized carbons (Fsp3) is 0.455. The first-order valence-electron chi connectivity index (χ1n) is 6.15. The fourth-order valence-corrected chi connectivity index (χ4v) is 3.45. The average molecular weight is 336 g/mol. The van der Waals surface area contributed by atoms with Gasteiger partial charge in [-0.3, -0.25) is 10.1 Å². The summed E-state index contributed by atoms with van der Waals surface area (Å²) in [7, 11) is -3.93. The number of sulfonamides is 1. The smallest absolute Gasteiger partial charge is 0.270 e. The van der Waals surface area contributed by atoms with Crippen molar-refractivity contribution < 1.29 is 18.1 Å². The monoisotopic (exact) mass is 335 g/mol. The van der Waals surface area contributed by atoms with Crippen molar-refractivity contribution in [3.63, 3.8) is 0 Å². The molecule has 1 aromatic rings. The van der Waals surface area contributed by atoms with Gasteiger partial charge in [0.05, 0.1) is 23.2 Å². The Morgan fingerprint density at radius 3 is 2.90 bits per heavy atom. The number of morpholine rings is 1. The van der Waals surface area contributed by atoms with Crippen LogP contribution in [0.25, 0.3) is 0 Å². The van der Waals surface area contributed by atoms with E-state index in [0.717, 1.165) is 12.1 Å². The van der Waals surface area contributed by atoms with E-state index in [1.807, 2.05) is 0 Å². The molecule has 21 heavy (non-hydrogen) atoms. The van der Waals surface area contributed by atoms with Crippen LogP contribution >= 0.6 is 11.6 Å². The average Bonchev–Trinajstić information content (AvgIpc) is 2.46. The molecular weight excluding hydrogens is 322 g/mol. The quantitative estimate of drug-likeness (QED) is 0.599. The number of nitro benzene ring substituents is 1. The van der Waals surface area contributed by atoms with Gasteiger partial charge in [-0.15, -0.1) is 0 Å². The van der Waals surface area contributed by atoms with Gasteiger partial charge >= 0.3 is 0 Å². The van der Waals surface area contributed by atoms with Crippen LogP contribution < -0.4 is 10.0 Å². The molecule has 1 fully saturated rings. The van der Waals surface area contributed by atoms with E-state index in [1.165, 1.54) is 6.07 Å². The lowest BCUT2D eigenvalue weighted by molar-refractivity contribution is -0.385. The molecule has 1 aliphatic heterocycles. The molecule has 10 heteroatoms. The van der Waals surface area contributed by atoms with Crippen LogP contribution in [-0.4, -0.2) is 45.7 Å². The SMILES string of the molecule is O=[N+]([O-])c1ccc(Cl)c(S(=O)(=O)NCC2COCCN2)c1. The van der Waals surface area contributed by atoms with Crippen molar-refractivity contribution >= 4 is 27.3 Å². The van der Waals surface area contributed by atoms with Crippen molar-refractivity contribution in [1.82, 2.24) is 10.0 Å². The first kappa shape index (κ1) is 16.1. The number of ether oxygens (including phenoxy) is 1. The predicted molar refractivity (Wildman–Crippen MR) is 75.9 cm³/mol. The molecule has 8 nitrogen and oxygen atoms in total. The Labute approximate surface area is 126 Å². The molecule has 0 bridgehead atoms. The van der Waals surface area contributed by atoms with Crippen LogP contribution in [0.4, 0.5) is 5.69 Å². The molecule has 1 saturated heterocycles. The molecule has 1 unspecified atom stereocenters. The molecule has 116 valence electrons. The number of hydrogen-bond donors (Lipinski definition) is 2. The minimum atomic E-state index is -3.93. The molecule has 0 aliphatic carbocycles. The van der Waals surface area contributed by atoms with Crippen molar-refractivity contribution in [3.05, 3.63) is 33.3 Å². The fourth-order valence-electron chi connectivity index (χ4n) is 1.85. The van der Waals surface area contributed by atoms with Crippen LogP contribution in [0, 0.1) is 10.1 Å². The third-order valence-electron chi connectivity index (χ3n) is 2.93. The number of nitrogens with zero attached hydrogens (tertiary/aromatic N) is 1. The summed E-state index contributed by atoms with van der Waals surface area (Å²) >= 11 is 5.82. The lowest BCUT2D eigenvalue weighted by Gasteiger charge is -2.23. The maximum atomic E-state index is 12.2. The molecule has 0 spiro atoms. The van der Waals surface area contributed by atoms with Crippen LogP contribution in [0.5, 0.6) is 0 Å². The van der Waals surface area contributed by atoms with Crippen molar-refractivity contribution in [3.8, 4) is 0 Å². The highest BCUT2D eigenvalue weighted by Gasteiger charge is 2.23. The number of benzene rings is 1. The highest BCUT2D eigenvalue weighted by Crippen LogP contribution is 2.25. The van der Waals surface area contributed by atoms with Gasteiger partial charge in [0.2, 0.25) is 10.0 Å². The summed E-state index contributed by atoms with van der Waals surface area (Å²) in [6, 6.07) is 3.13. The maximum Gasteiger partial charge on any atom is 0.270 e. The number of nitro groups is 1. The molecule has 1 aliphatic rings. The molecule has 2 N–H and O–H groups in total. The van der Waals surface area contributed by atoms with Crippen molar-refractivity contribution in [2.75, 3.05) is 26.3 Å². The highest BCUT2D eigenvalue weighted by atomic mass is 35.5. The van der Waals surface area contributed by atoms with Gasteiger partial charge in [-0.1, -0.05) is 11.6 Å². The molecule has 0 aromatic heterocycles. The van der Waals surface area contributed by atoms with E-state index in [9.17, 15) is 18.5 Å². The van der Waals surface area contributed by atoms with Crippen molar-refractivity contribution in [2.24, 2.45) is 0 Å². The summed E-state index contributed by atoms with van der Waals surface area (Å²) in [6.07, 6.45) is 0. The van der Waals surface area contributed by atoms with E-state index in [4.69, 9.17) is 16.3 Å². The zero-order valence-electron chi connectivity index (χ0n) is 10.9. The molecule has 1 atom stereocenters. The van der Waals surface area contributed by atoms with E-state index in [-0.39, 0.29) is 28.2 Å². The molecular formula is C11H14ClN3O5S. The predicted octanol–water partition coefficient (Wildman–Crippen LogP) is 0.515. The number of non-ortho nitro benzene ring substituents is 1. The number of hydrogen-bond acceptors (Lipinski definition) is 6. The minimum absolute atomic E-state index is 0.0686. The topological polar surface area (TPSA) is 111 Å². The van der Waals surface area contributed by atoms with Crippen molar-refractivity contribution in [2.45, 2.75) is 10.9 Å².